The van der Waals surface area contributed by atoms with Gasteiger partial charge in [-0.05, 0) is 55.3 Å². The minimum Gasteiger partial charge on any atom is -0.493 e. The van der Waals surface area contributed by atoms with Crippen LogP contribution in [0.5, 0.6) is 5.75 Å². The topological polar surface area (TPSA) is 51.7 Å². The van der Waals surface area contributed by atoms with Crippen LogP contribution in [0.25, 0.3) is 0 Å². The lowest BCUT2D eigenvalue weighted by atomic mass is 10.1. The van der Waals surface area contributed by atoms with Crippen LogP contribution < -0.4 is 4.74 Å². The maximum absolute atomic E-state index is 13.3. The first-order chi connectivity index (χ1) is 15.2. The van der Waals surface area contributed by atoms with E-state index < -0.39 is 0 Å². The summed E-state index contributed by atoms with van der Waals surface area (Å²) in [6.07, 6.45) is 2.80. The summed E-state index contributed by atoms with van der Waals surface area (Å²) in [7, 11) is 0. The lowest BCUT2D eigenvalue weighted by Crippen LogP contribution is -2.30. The van der Waals surface area contributed by atoms with Crippen molar-refractivity contribution in [3.8, 4) is 5.75 Å². The molecule has 2 heterocycles. The van der Waals surface area contributed by atoms with Crippen molar-refractivity contribution < 1.29 is 14.3 Å². The molecule has 160 valence electrons. The van der Waals surface area contributed by atoms with Gasteiger partial charge in [-0.3, -0.25) is 9.78 Å². The first-order valence-electron chi connectivity index (χ1n) is 10.7. The second-order valence-corrected chi connectivity index (χ2v) is 8.04. The molecule has 0 aliphatic carbocycles. The molecule has 0 N–H and O–H groups in total. The summed E-state index contributed by atoms with van der Waals surface area (Å²) in [5.41, 5.74) is 3.69. The summed E-state index contributed by atoms with van der Waals surface area (Å²) in [5, 5.41) is 0. The molecular weight excluding hydrogens is 388 g/mol. The van der Waals surface area contributed by atoms with Crippen LogP contribution in [0, 0.1) is 12.8 Å². The van der Waals surface area contributed by atoms with Gasteiger partial charge in [-0.15, -0.1) is 0 Å². The summed E-state index contributed by atoms with van der Waals surface area (Å²) >= 11 is 0. The molecule has 5 heteroatoms. The third-order valence-electron chi connectivity index (χ3n) is 5.45. The number of carbonyl (C=O) groups is 1. The van der Waals surface area contributed by atoms with E-state index >= 15 is 0 Å². The molecule has 1 aliphatic heterocycles. The van der Waals surface area contributed by atoms with Gasteiger partial charge in [0, 0.05) is 30.8 Å². The molecule has 1 aromatic heterocycles. The van der Waals surface area contributed by atoms with Gasteiger partial charge in [-0.2, -0.15) is 0 Å². The number of rotatable bonds is 8. The monoisotopic (exact) mass is 416 g/mol. The van der Waals surface area contributed by atoms with E-state index in [1.165, 1.54) is 0 Å². The van der Waals surface area contributed by atoms with E-state index in [1.54, 1.807) is 6.20 Å². The quantitative estimate of drug-likeness (QED) is 0.536. The fraction of sp³-hybridized carbons (Fsp3) is 0.308. The molecule has 1 aliphatic rings. The average molecular weight is 417 g/mol. The average Bonchev–Trinajstić information content (AvgIpc) is 3.32. The molecule has 4 rings (SSSR count). The van der Waals surface area contributed by atoms with Crippen molar-refractivity contribution in [3.05, 3.63) is 95.3 Å². The third kappa shape index (κ3) is 5.92. The molecule has 0 saturated carbocycles. The fourth-order valence-corrected chi connectivity index (χ4v) is 3.65. The normalized spacial score (nSPS) is 15.6. The van der Waals surface area contributed by atoms with E-state index in [0.717, 1.165) is 42.2 Å². The minimum absolute atomic E-state index is 0.0138. The van der Waals surface area contributed by atoms with Gasteiger partial charge in [0.1, 0.15) is 5.75 Å². The minimum atomic E-state index is -0.0138. The largest absolute Gasteiger partial charge is 0.493 e. The molecule has 1 atom stereocenters. The van der Waals surface area contributed by atoms with Crippen molar-refractivity contribution in [2.24, 2.45) is 5.92 Å². The van der Waals surface area contributed by atoms with Gasteiger partial charge in [-0.25, -0.2) is 0 Å². The number of hydrogen-bond donors (Lipinski definition) is 0. The Morgan fingerprint density at radius 3 is 2.71 bits per heavy atom. The summed E-state index contributed by atoms with van der Waals surface area (Å²) < 4.78 is 11.4. The highest BCUT2D eigenvalue weighted by atomic mass is 16.5. The number of nitrogens with zero attached hydrogens (tertiary/aromatic N) is 2. The highest BCUT2D eigenvalue weighted by Crippen LogP contribution is 2.20. The number of amides is 1. The Morgan fingerprint density at radius 2 is 1.97 bits per heavy atom. The predicted octanol–water partition coefficient (Wildman–Crippen LogP) is 4.65. The molecule has 2 aromatic carbocycles. The van der Waals surface area contributed by atoms with Crippen LogP contribution in [0.3, 0.4) is 0 Å². The Hall–Kier alpha value is -3.18. The van der Waals surface area contributed by atoms with Gasteiger partial charge in [-0.1, -0.05) is 35.9 Å². The Labute approximate surface area is 183 Å². The first kappa shape index (κ1) is 21.1. The molecule has 0 unspecified atom stereocenters. The SMILES string of the molecule is Cc1ccc(C(=O)N(Cc2cccc(OC[C@@H]3CCOC3)c2)Cc2ccccn2)cc1. The molecule has 3 aromatic rings. The molecule has 31 heavy (non-hydrogen) atoms. The summed E-state index contributed by atoms with van der Waals surface area (Å²) in [6, 6.07) is 21.4. The summed E-state index contributed by atoms with van der Waals surface area (Å²) in [6.45, 7) is 5.18. The number of ether oxygens (including phenoxy) is 2. The second kappa shape index (κ2) is 10.2. The highest BCUT2D eigenvalue weighted by molar-refractivity contribution is 5.94. The van der Waals surface area contributed by atoms with E-state index in [1.807, 2.05) is 78.6 Å². The van der Waals surface area contributed by atoms with Crippen LogP contribution >= 0.6 is 0 Å². The van der Waals surface area contributed by atoms with Crippen molar-refractivity contribution in [1.82, 2.24) is 9.88 Å². The van der Waals surface area contributed by atoms with Crippen LogP contribution in [0.4, 0.5) is 0 Å². The second-order valence-electron chi connectivity index (χ2n) is 8.04. The zero-order valence-electron chi connectivity index (χ0n) is 17.9. The molecule has 0 spiro atoms. The van der Waals surface area contributed by atoms with E-state index in [0.29, 0.717) is 31.2 Å². The van der Waals surface area contributed by atoms with Crippen LogP contribution in [0.15, 0.2) is 72.9 Å². The molecule has 0 bridgehead atoms. The lowest BCUT2D eigenvalue weighted by Gasteiger charge is -2.23. The smallest absolute Gasteiger partial charge is 0.254 e. The molecule has 5 nitrogen and oxygen atoms in total. The van der Waals surface area contributed by atoms with E-state index in [9.17, 15) is 4.79 Å². The van der Waals surface area contributed by atoms with Gasteiger partial charge in [0.2, 0.25) is 0 Å². The first-order valence-corrected chi connectivity index (χ1v) is 10.7. The Balaban J connectivity index is 1.50. The van der Waals surface area contributed by atoms with Gasteiger partial charge in [0.25, 0.3) is 5.91 Å². The molecule has 1 fully saturated rings. The number of pyridine rings is 1. The van der Waals surface area contributed by atoms with Gasteiger partial charge < -0.3 is 14.4 Å². The van der Waals surface area contributed by atoms with Crippen LogP contribution in [-0.4, -0.2) is 35.6 Å². The fourth-order valence-electron chi connectivity index (χ4n) is 3.65. The Bertz CT molecular complexity index is 983. The molecule has 0 radical (unpaired) electrons. The van der Waals surface area contributed by atoms with Crippen LogP contribution in [0.2, 0.25) is 0 Å². The maximum atomic E-state index is 13.3. The van der Waals surface area contributed by atoms with Crippen molar-refractivity contribution in [1.29, 1.82) is 0 Å². The standard InChI is InChI=1S/C26H28N2O3/c1-20-8-10-23(11-9-20)26(29)28(17-24-6-2-3-13-27-24)16-21-5-4-7-25(15-21)31-19-22-12-14-30-18-22/h2-11,13,15,22H,12,14,16-19H2,1H3/t22-/m1/s1. The zero-order chi connectivity index (χ0) is 21.5. The predicted molar refractivity (Wildman–Crippen MR) is 120 cm³/mol. The van der Waals surface area contributed by atoms with Gasteiger partial charge >= 0.3 is 0 Å². The Kier molecular flexibility index (Phi) is 6.95. The molecular formula is C26H28N2O3. The molecule has 1 saturated heterocycles. The number of benzene rings is 2. The Morgan fingerprint density at radius 1 is 1.10 bits per heavy atom. The van der Waals surface area contributed by atoms with Crippen molar-refractivity contribution in [2.45, 2.75) is 26.4 Å². The number of carbonyl (C=O) groups excluding carboxylic acids is 1. The number of aryl methyl sites for hydroxylation is 1. The van der Waals surface area contributed by atoms with Gasteiger partial charge in [0.15, 0.2) is 0 Å². The van der Waals surface area contributed by atoms with Crippen molar-refractivity contribution in [3.63, 3.8) is 0 Å². The molecule has 1 amide bonds. The van der Waals surface area contributed by atoms with Crippen LogP contribution in [-0.2, 0) is 17.8 Å². The number of aromatic nitrogens is 1. The van der Waals surface area contributed by atoms with Crippen molar-refractivity contribution in [2.75, 3.05) is 19.8 Å². The lowest BCUT2D eigenvalue weighted by molar-refractivity contribution is 0.0727. The third-order valence-corrected chi connectivity index (χ3v) is 5.45. The summed E-state index contributed by atoms with van der Waals surface area (Å²) in [4.78, 5) is 19.5. The highest BCUT2D eigenvalue weighted by Gasteiger charge is 2.19. The van der Waals surface area contributed by atoms with E-state index in [4.69, 9.17) is 9.47 Å². The maximum Gasteiger partial charge on any atom is 0.254 e. The number of hydrogen-bond acceptors (Lipinski definition) is 4. The zero-order valence-corrected chi connectivity index (χ0v) is 17.9. The van der Waals surface area contributed by atoms with E-state index in [-0.39, 0.29) is 5.91 Å². The summed E-state index contributed by atoms with van der Waals surface area (Å²) in [5.74, 6) is 1.26. The van der Waals surface area contributed by atoms with E-state index in [2.05, 4.69) is 4.98 Å². The van der Waals surface area contributed by atoms with Crippen LogP contribution in [0.1, 0.15) is 33.6 Å². The van der Waals surface area contributed by atoms with Crippen molar-refractivity contribution >= 4 is 5.91 Å². The van der Waals surface area contributed by atoms with Gasteiger partial charge in [0.05, 0.1) is 25.5 Å².